The number of hydrogen-bond donors (Lipinski definition) is 0. The number of esters is 1. The van der Waals surface area contributed by atoms with Gasteiger partial charge in [0.25, 0.3) is 0 Å². The molecule has 0 bridgehead atoms. The van der Waals surface area contributed by atoms with E-state index in [0.717, 1.165) is 10.6 Å². The second-order valence-electron chi connectivity index (χ2n) is 3.74. The minimum absolute atomic E-state index is 0.322. The lowest BCUT2D eigenvalue weighted by Gasteiger charge is -2.27. The van der Waals surface area contributed by atoms with Crippen LogP contribution in [0.25, 0.3) is 0 Å². The Morgan fingerprint density at radius 3 is 2.50 bits per heavy atom. The lowest BCUT2D eigenvalue weighted by Crippen LogP contribution is -2.43. The average Bonchev–Trinajstić information content (AvgIpc) is 2.26. The van der Waals surface area contributed by atoms with Gasteiger partial charge in [-0.25, -0.2) is 13.2 Å². The number of sulfonamides is 1. The molecular formula is C11H14ClNO4S. The number of benzene rings is 1. The highest BCUT2D eigenvalue weighted by molar-refractivity contribution is 7.92. The summed E-state index contributed by atoms with van der Waals surface area (Å²) in [4.78, 5) is 11.5. The van der Waals surface area contributed by atoms with Crippen molar-refractivity contribution in [1.29, 1.82) is 0 Å². The van der Waals surface area contributed by atoms with E-state index in [0.29, 0.717) is 10.7 Å². The predicted octanol–water partition coefficient (Wildman–Crippen LogP) is 1.67. The molecule has 0 aliphatic carbocycles. The van der Waals surface area contributed by atoms with E-state index >= 15 is 0 Å². The maximum absolute atomic E-state index is 11.8. The molecule has 0 aromatic heterocycles. The van der Waals surface area contributed by atoms with Crippen LogP contribution in [-0.2, 0) is 19.6 Å². The molecule has 0 amide bonds. The molecule has 0 N–H and O–H groups in total. The fourth-order valence-electron chi connectivity index (χ4n) is 1.58. The number of carbonyl (C=O) groups is 1. The van der Waals surface area contributed by atoms with Gasteiger partial charge in [-0.3, -0.25) is 4.31 Å². The first-order valence-corrected chi connectivity index (χ1v) is 7.33. The van der Waals surface area contributed by atoms with Gasteiger partial charge in [-0.2, -0.15) is 0 Å². The third-order valence-electron chi connectivity index (χ3n) is 2.31. The van der Waals surface area contributed by atoms with Gasteiger partial charge < -0.3 is 4.74 Å². The molecule has 1 aromatic carbocycles. The van der Waals surface area contributed by atoms with Crippen LogP contribution in [0.4, 0.5) is 5.69 Å². The topological polar surface area (TPSA) is 63.7 Å². The number of methoxy groups -OCH3 is 1. The monoisotopic (exact) mass is 291 g/mol. The lowest BCUT2D eigenvalue weighted by molar-refractivity contribution is -0.141. The van der Waals surface area contributed by atoms with Gasteiger partial charge >= 0.3 is 5.97 Å². The molecular weight excluding hydrogens is 278 g/mol. The van der Waals surface area contributed by atoms with E-state index in [1.54, 1.807) is 18.2 Å². The molecule has 0 aliphatic rings. The summed E-state index contributed by atoms with van der Waals surface area (Å²) in [5.74, 6) is -0.639. The second-order valence-corrected chi connectivity index (χ2v) is 6.03. The summed E-state index contributed by atoms with van der Waals surface area (Å²) in [7, 11) is -2.41. The summed E-state index contributed by atoms with van der Waals surface area (Å²) in [6.45, 7) is 1.45. The summed E-state index contributed by atoms with van der Waals surface area (Å²) < 4.78 is 29.1. The van der Waals surface area contributed by atoms with Gasteiger partial charge in [0.05, 0.1) is 19.1 Å². The first-order valence-electron chi connectivity index (χ1n) is 5.10. The SMILES string of the molecule is COC(=O)C(C)N(c1cccc(Cl)c1)S(C)(=O)=O. The van der Waals surface area contributed by atoms with Gasteiger partial charge in [0.1, 0.15) is 6.04 Å². The van der Waals surface area contributed by atoms with Gasteiger partial charge in [-0.15, -0.1) is 0 Å². The Morgan fingerprint density at radius 2 is 2.06 bits per heavy atom. The third kappa shape index (κ3) is 3.36. The van der Waals surface area contributed by atoms with Crippen molar-refractivity contribution in [2.75, 3.05) is 17.7 Å². The Balaban J connectivity index is 3.27. The van der Waals surface area contributed by atoms with Crippen LogP contribution in [0.1, 0.15) is 6.92 Å². The Labute approximate surface area is 111 Å². The fourth-order valence-corrected chi connectivity index (χ4v) is 2.92. The number of rotatable bonds is 4. The molecule has 7 heteroatoms. The van der Waals surface area contributed by atoms with Gasteiger partial charge in [-0.1, -0.05) is 17.7 Å². The van der Waals surface area contributed by atoms with Crippen molar-refractivity contribution < 1.29 is 17.9 Å². The minimum Gasteiger partial charge on any atom is -0.467 e. The number of anilines is 1. The van der Waals surface area contributed by atoms with E-state index in [1.165, 1.54) is 20.1 Å². The van der Waals surface area contributed by atoms with Gasteiger partial charge in [0.2, 0.25) is 10.0 Å². The van der Waals surface area contributed by atoms with E-state index in [1.807, 2.05) is 0 Å². The van der Waals surface area contributed by atoms with Crippen molar-refractivity contribution in [1.82, 2.24) is 0 Å². The minimum atomic E-state index is -3.62. The summed E-state index contributed by atoms with van der Waals surface area (Å²) in [5, 5.41) is 0.387. The smallest absolute Gasteiger partial charge is 0.329 e. The highest BCUT2D eigenvalue weighted by atomic mass is 35.5. The van der Waals surface area contributed by atoms with Crippen LogP contribution >= 0.6 is 11.6 Å². The zero-order valence-corrected chi connectivity index (χ0v) is 11.8. The number of ether oxygens (including phenoxy) is 1. The van der Waals surface area contributed by atoms with Crippen molar-refractivity contribution in [3.05, 3.63) is 29.3 Å². The molecule has 5 nitrogen and oxygen atoms in total. The highest BCUT2D eigenvalue weighted by Crippen LogP contribution is 2.24. The van der Waals surface area contributed by atoms with Crippen molar-refractivity contribution >= 4 is 33.3 Å². The molecule has 100 valence electrons. The van der Waals surface area contributed by atoms with E-state index in [2.05, 4.69) is 4.74 Å². The largest absolute Gasteiger partial charge is 0.467 e. The number of halogens is 1. The predicted molar refractivity (Wildman–Crippen MR) is 70.3 cm³/mol. The standard InChI is InChI=1S/C11H14ClNO4S/c1-8(11(14)17-2)13(18(3,15)16)10-6-4-5-9(12)7-10/h4-8H,1-3H3. The van der Waals surface area contributed by atoms with Crippen molar-refractivity contribution in [2.24, 2.45) is 0 Å². The summed E-state index contributed by atoms with van der Waals surface area (Å²) >= 11 is 5.82. The van der Waals surface area contributed by atoms with Crippen LogP contribution in [0.15, 0.2) is 24.3 Å². The van der Waals surface area contributed by atoms with E-state index < -0.39 is 22.0 Å². The summed E-state index contributed by atoms with van der Waals surface area (Å²) in [6.07, 6.45) is 1.02. The van der Waals surface area contributed by atoms with E-state index in [9.17, 15) is 13.2 Å². The normalized spacial score (nSPS) is 12.9. The zero-order chi connectivity index (χ0) is 13.9. The Kier molecular flexibility index (Phi) is 4.59. The molecule has 1 atom stereocenters. The van der Waals surface area contributed by atoms with Crippen LogP contribution in [0, 0.1) is 0 Å². The van der Waals surface area contributed by atoms with Crippen LogP contribution in [0.2, 0.25) is 5.02 Å². The molecule has 18 heavy (non-hydrogen) atoms. The van der Waals surface area contributed by atoms with Gasteiger partial charge in [0.15, 0.2) is 0 Å². The molecule has 1 rings (SSSR count). The first-order chi connectivity index (χ1) is 8.27. The third-order valence-corrected chi connectivity index (χ3v) is 3.79. The Bertz CT molecular complexity index is 544. The number of hydrogen-bond acceptors (Lipinski definition) is 4. The lowest BCUT2D eigenvalue weighted by atomic mass is 10.2. The summed E-state index contributed by atoms with van der Waals surface area (Å²) in [5.41, 5.74) is 0.322. The number of nitrogens with zero attached hydrogens (tertiary/aromatic N) is 1. The molecule has 0 heterocycles. The molecule has 1 unspecified atom stereocenters. The maximum atomic E-state index is 11.8. The molecule has 0 saturated carbocycles. The second kappa shape index (κ2) is 5.58. The molecule has 0 spiro atoms. The quantitative estimate of drug-likeness (QED) is 0.792. The molecule has 0 saturated heterocycles. The zero-order valence-electron chi connectivity index (χ0n) is 10.3. The maximum Gasteiger partial charge on any atom is 0.329 e. The summed E-state index contributed by atoms with van der Waals surface area (Å²) in [6, 6.07) is 5.31. The molecule has 1 aromatic rings. The highest BCUT2D eigenvalue weighted by Gasteiger charge is 2.29. The van der Waals surface area contributed by atoms with Gasteiger partial charge in [0, 0.05) is 5.02 Å². The van der Waals surface area contributed by atoms with Crippen molar-refractivity contribution in [2.45, 2.75) is 13.0 Å². The molecule has 0 aliphatic heterocycles. The van der Waals surface area contributed by atoms with Crippen LogP contribution < -0.4 is 4.31 Å². The van der Waals surface area contributed by atoms with E-state index in [4.69, 9.17) is 11.6 Å². The van der Waals surface area contributed by atoms with Crippen molar-refractivity contribution in [3.63, 3.8) is 0 Å². The Hall–Kier alpha value is -1.27. The first kappa shape index (κ1) is 14.8. The van der Waals surface area contributed by atoms with Crippen LogP contribution in [-0.4, -0.2) is 33.8 Å². The van der Waals surface area contributed by atoms with Crippen LogP contribution in [0.3, 0.4) is 0 Å². The molecule has 0 radical (unpaired) electrons. The average molecular weight is 292 g/mol. The Morgan fingerprint density at radius 1 is 1.44 bits per heavy atom. The van der Waals surface area contributed by atoms with Gasteiger partial charge in [-0.05, 0) is 25.1 Å². The molecule has 0 fully saturated rings. The van der Waals surface area contributed by atoms with Crippen molar-refractivity contribution in [3.8, 4) is 0 Å². The number of carbonyl (C=O) groups excluding carboxylic acids is 1. The van der Waals surface area contributed by atoms with Crippen LogP contribution in [0.5, 0.6) is 0 Å². The fraction of sp³-hybridized carbons (Fsp3) is 0.364. The van der Waals surface area contributed by atoms with E-state index in [-0.39, 0.29) is 0 Å².